The van der Waals surface area contributed by atoms with Gasteiger partial charge < -0.3 is 9.84 Å². The number of aliphatic carboxylic acids is 1. The molecule has 1 aromatic rings. The van der Waals surface area contributed by atoms with Crippen LogP contribution in [-0.2, 0) is 17.4 Å². The Hall–Kier alpha value is -2.20. The molecule has 0 fully saturated rings. The van der Waals surface area contributed by atoms with Gasteiger partial charge in [0.25, 0.3) is 5.56 Å². The average molecular weight is 305 g/mol. The number of H-pyrrole nitrogens is 1. The first-order valence-electron chi connectivity index (χ1n) is 4.71. The van der Waals surface area contributed by atoms with Crippen LogP contribution >= 0.6 is 0 Å². The lowest BCUT2D eigenvalue weighted by Gasteiger charge is -2.14. The predicted molar refractivity (Wildman–Crippen MR) is 50.1 cm³/mol. The molecule has 0 saturated heterocycles. The van der Waals surface area contributed by atoms with Crippen molar-refractivity contribution in [3.8, 4) is 5.88 Å². The standard InChI is InChI=1S/C9H5F6NO4/c10-8(11,12)4-2-5(20-9(13,14)15)16-7(19)3(4)1-6(17)18/h2H,1H2,(H,16,19)(H,17,18). The largest absolute Gasteiger partial charge is 0.574 e. The second-order valence-corrected chi connectivity index (χ2v) is 3.47. The molecule has 1 heterocycles. The van der Waals surface area contributed by atoms with Crippen molar-refractivity contribution in [3.05, 3.63) is 27.5 Å². The number of hydrogen-bond donors (Lipinski definition) is 2. The number of aromatic amines is 1. The van der Waals surface area contributed by atoms with Gasteiger partial charge in [-0.1, -0.05) is 0 Å². The number of pyridine rings is 1. The van der Waals surface area contributed by atoms with Crippen molar-refractivity contribution in [3.63, 3.8) is 0 Å². The molecule has 5 nitrogen and oxygen atoms in total. The maximum Gasteiger partial charge on any atom is 0.574 e. The number of carboxylic acids is 1. The van der Waals surface area contributed by atoms with Crippen LogP contribution in [0.25, 0.3) is 0 Å². The van der Waals surface area contributed by atoms with Gasteiger partial charge in [-0.15, -0.1) is 13.2 Å². The first-order valence-corrected chi connectivity index (χ1v) is 4.71. The third kappa shape index (κ3) is 4.17. The molecule has 0 spiro atoms. The summed E-state index contributed by atoms with van der Waals surface area (Å²) in [6.07, 6.45) is -11.8. The molecule has 0 aliphatic heterocycles. The molecule has 20 heavy (non-hydrogen) atoms. The number of rotatable bonds is 3. The number of nitrogens with one attached hydrogen (secondary N) is 1. The first-order chi connectivity index (χ1) is 8.90. The zero-order valence-corrected chi connectivity index (χ0v) is 9.22. The van der Waals surface area contributed by atoms with E-state index in [1.54, 1.807) is 0 Å². The quantitative estimate of drug-likeness (QED) is 0.836. The van der Waals surface area contributed by atoms with Crippen LogP contribution in [0.4, 0.5) is 26.3 Å². The van der Waals surface area contributed by atoms with Gasteiger partial charge in [-0.2, -0.15) is 13.2 Å². The van der Waals surface area contributed by atoms with Gasteiger partial charge in [0, 0.05) is 11.6 Å². The molecular weight excluding hydrogens is 300 g/mol. The summed E-state index contributed by atoms with van der Waals surface area (Å²) in [4.78, 5) is 23.0. The van der Waals surface area contributed by atoms with Gasteiger partial charge >= 0.3 is 18.5 Å². The summed E-state index contributed by atoms with van der Waals surface area (Å²) in [7, 11) is 0. The summed E-state index contributed by atoms with van der Waals surface area (Å²) in [5.74, 6) is -3.23. The fourth-order valence-corrected chi connectivity index (χ4v) is 1.32. The summed E-state index contributed by atoms with van der Waals surface area (Å²) in [5.41, 5.74) is -4.64. The van der Waals surface area contributed by atoms with Crippen LogP contribution in [-0.4, -0.2) is 22.4 Å². The SMILES string of the molecule is O=C(O)Cc1c(C(F)(F)F)cc(OC(F)(F)F)[nH]c1=O. The molecule has 0 unspecified atom stereocenters. The predicted octanol–water partition coefficient (Wildman–Crippen LogP) is 1.92. The van der Waals surface area contributed by atoms with Crippen LogP contribution in [0.2, 0.25) is 0 Å². The number of halogens is 6. The monoisotopic (exact) mass is 305 g/mol. The number of carbonyl (C=O) groups is 1. The van der Waals surface area contributed by atoms with Crippen molar-refractivity contribution < 1.29 is 41.0 Å². The van der Waals surface area contributed by atoms with E-state index in [2.05, 4.69) is 4.74 Å². The molecule has 0 saturated carbocycles. The van der Waals surface area contributed by atoms with Gasteiger partial charge in [-0.25, -0.2) is 0 Å². The van der Waals surface area contributed by atoms with Crippen molar-refractivity contribution in [2.45, 2.75) is 19.0 Å². The van der Waals surface area contributed by atoms with Gasteiger partial charge in [0.1, 0.15) is 0 Å². The fraction of sp³-hybridized carbons (Fsp3) is 0.333. The van der Waals surface area contributed by atoms with Crippen LogP contribution in [0.1, 0.15) is 11.1 Å². The maximum atomic E-state index is 12.6. The summed E-state index contributed by atoms with van der Waals surface area (Å²) < 4.78 is 76.7. The highest BCUT2D eigenvalue weighted by Gasteiger charge is 2.38. The van der Waals surface area contributed by atoms with E-state index in [0.717, 1.165) is 0 Å². The number of hydrogen-bond acceptors (Lipinski definition) is 3. The van der Waals surface area contributed by atoms with Crippen molar-refractivity contribution in [1.82, 2.24) is 4.98 Å². The van der Waals surface area contributed by atoms with E-state index in [-0.39, 0.29) is 6.07 Å². The minimum atomic E-state index is -5.31. The topological polar surface area (TPSA) is 79.4 Å². The maximum absolute atomic E-state index is 12.6. The number of alkyl halides is 6. The lowest BCUT2D eigenvalue weighted by atomic mass is 10.1. The van der Waals surface area contributed by atoms with Crippen molar-refractivity contribution in [2.75, 3.05) is 0 Å². The Morgan fingerprint density at radius 2 is 1.80 bits per heavy atom. The van der Waals surface area contributed by atoms with E-state index < -0.39 is 47.5 Å². The third-order valence-corrected chi connectivity index (χ3v) is 1.97. The summed E-state index contributed by atoms with van der Waals surface area (Å²) in [5, 5.41) is 8.41. The average Bonchev–Trinajstić information content (AvgIpc) is 2.16. The van der Waals surface area contributed by atoms with Gasteiger partial charge in [0.2, 0.25) is 5.88 Å². The van der Waals surface area contributed by atoms with E-state index in [1.165, 1.54) is 4.98 Å². The molecule has 1 rings (SSSR count). The smallest absolute Gasteiger partial charge is 0.481 e. The van der Waals surface area contributed by atoms with Gasteiger partial charge in [-0.3, -0.25) is 14.6 Å². The minimum absolute atomic E-state index is 0.118. The van der Waals surface area contributed by atoms with Gasteiger partial charge in [-0.05, 0) is 0 Å². The minimum Gasteiger partial charge on any atom is -0.481 e. The summed E-state index contributed by atoms with van der Waals surface area (Å²) in [6.45, 7) is 0. The Bertz CT molecular complexity index is 573. The molecule has 2 N–H and O–H groups in total. The second-order valence-electron chi connectivity index (χ2n) is 3.47. The zero-order valence-electron chi connectivity index (χ0n) is 9.22. The highest BCUT2D eigenvalue weighted by molar-refractivity contribution is 5.70. The van der Waals surface area contributed by atoms with Gasteiger partial charge in [0.05, 0.1) is 12.0 Å². The summed E-state index contributed by atoms with van der Waals surface area (Å²) >= 11 is 0. The molecule has 0 aromatic carbocycles. The third-order valence-electron chi connectivity index (χ3n) is 1.97. The lowest BCUT2D eigenvalue weighted by Crippen LogP contribution is -2.26. The molecule has 112 valence electrons. The van der Waals surface area contributed by atoms with E-state index in [9.17, 15) is 35.9 Å². The van der Waals surface area contributed by atoms with Crippen LogP contribution in [0.3, 0.4) is 0 Å². The Balaban J connectivity index is 3.41. The van der Waals surface area contributed by atoms with Crippen LogP contribution in [0.15, 0.2) is 10.9 Å². The van der Waals surface area contributed by atoms with Crippen LogP contribution in [0.5, 0.6) is 5.88 Å². The second kappa shape index (κ2) is 5.06. The van der Waals surface area contributed by atoms with Crippen molar-refractivity contribution in [2.24, 2.45) is 0 Å². The highest BCUT2D eigenvalue weighted by Crippen LogP contribution is 2.33. The Labute approximate surface area is 105 Å². The molecule has 0 aliphatic rings. The number of aromatic nitrogens is 1. The molecule has 0 amide bonds. The molecule has 0 radical (unpaired) electrons. The van der Waals surface area contributed by atoms with Gasteiger partial charge in [0.15, 0.2) is 0 Å². The molecule has 1 aromatic heterocycles. The molecular formula is C9H5F6NO4. The molecule has 0 atom stereocenters. The van der Waals surface area contributed by atoms with Crippen molar-refractivity contribution >= 4 is 5.97 Å². The number of carboxylic acid groups (broad SMARTS) is 1. The van der Waals surface area contributed by atoms with E-state index in [0.29, 0.717) is 0 Å². The normalized spacial score (nSPS) is 12.3. The van der Waals surface area contributed by atoms with E-state index in [4.69, 9.17) is 5.11 Å². The molecule has 0 bridgehead atoms. The van der Waals surface area contributed by atoms with E-state index >= 15 is 0 Å². The number of ether oxygens (including phenoxy) is 1. The van der Waals surface area contributed by atoms with Crippen LogP contribution in [0, 0.1) is 0 Å². The Morgan fingerprint density at radius 1 is 1.25 bits per heavy atom. The molecule has 11 heteroatoms. The highest BCUT2D eigenvalue weighted by atomic mass is 19.4. The van der Waals surface area contributed by atoms with Crippen molar-refractivity contribution in [1.29, 1.82) is 0 Å². The summed E-state index contributed by atoms with van der Waals surface area (Å²) in [6, 6.07) is -0.118. The fourth-order valence-electron chi connectivity index (χ4n) is 1.32. The van der Waals surface area contributed by atoms with Crippen LogP contribution < -0.4 is 10.3 Å². The van der Waals surface area contributed by atoms with E-state index in [1.807, 2.05) is 0 Å². The lowest BCUT2D eigenvalue weighted by molar-refractivity contribution is -0.276. The first kappa shape index (κ1) is 15.9. The zero-order chi connectivity index (χ0) is 15.7. The Morgan fingerprint density at radius 3 is 2.20 bits per heavy atom. The Kier molecular flexibility index (Phi) is 4.01. The molecule has 0 aliphatic carbocycles.